The third-order valence-electron chi connectivity index (χ3n) is 2.74. The highest BCUT2D eigenvalue weighted by atomic mass is 16.4. The van der Waals surface area contributed by atoms with Gasteiger partial charge in [0.15, 0.2) is 0 Å². The van der Waals surface area contributed by atoms with E-state index < -0.39 is 5.97 Å². The molecule has 15 heavy (non-hydrogen) atoms. The Morgan fingerprint density at radius 2 is 2.27 bits per heavy atom. The number of aromatic carboxylic acids is 1. The van der Waals surface area contributed by atoms with Gasteiger partial charge in [-0.15, -0.1) is 0 Å². The fourth-order valence-corrected chi connectivity index (χ4v) is 1.80. The first-order valence-electron chi connectivity index (χ1n) is 4.96. The molecule has 0 amide bonds. The van der Waals surface area contributed by atoms with E-state index in [9.17, 15) is 4.79 Å². The molecule has 1 saturated carbocycles. The zero-order valence-corrected chi connectivity index (χ0v) is 8.05. The van der Waals surface area contributed by atoms with E-state index in [0.29, 0.717) is 11.6 Å². The average Bonchev–Trinajstić information content (AvgIpc) is 2.98. The largest absolute Gasteiger partial charge is 0.478 e. The van der Waals surface area contributed by atoms with Crippen LogP contribution in [0, 0.1) is 0 Å². The number of carboxylic acid groups (broad SMARTS) is 1. The van der Waals surface area contributed by atoms with Gasteiger partial charge in [0.25, 0.3) is 0 Å². The molecule has 0 saturated heterocycles. The van der Waals surface area contributed by atoms with Crippen molar-refractivity contribution in [3.05, 3.63) is 30.0 Å². The Morgan fingerprint density at radius 1 is 1.47 bits per heavy atom. The van der Waals surface area contributed by atoms with E-state index in [2.05, 4.69) is 5.10 Å². The van der Waals surface area contributed by atoms with Crippen LogP contribution in [0.15, 0.2) is 24.4 Å². The van der Waals surface area contributed by atoms with Crippen molar-refractivity contribution in [2.75, 3.05) is 0 Å². The van der Waals surface area contributed by atoms with Crippen molar-refractivity contribution < 1.29 is 9.90 Å². The molecular formula is C11H10N2O2. The van der Waals surface area contributed by atoms with Gasteiger partial charge in [-0.25, -0.2) is 4.79 Å². The molecule has 0 bridgehead atoms. The molecular weight excluding hydrogens is 192 g/mol. The third-order valence-corrected chi connectivity index (χ3v) is 2.74. The Balaban J connectivity index is 2.17. The quantitative estimate of drug-likeness (QED) is 0.811. The Kier molecular flexibility index (Phi) is 1.59. The van der Waals surface area contributed by atoms with Gasteiger partial charge in [-0.3, -0.25) is 4.68 Å². The highest BCUT2D eigenvalue weighted by Gasteiger charge is 2.25. The summed E-state index contributed by atoms with van der Waals surface area (Å²) in [4.78, 5) is 10.8. The van der Waals surface area contributed by atoms with E-state index in [1.807, 2.05) is 10.7 Å². The zero-order valence-electron chi connectivity index (χ0n) is 8.05. The second-order valence-corrected chi connectivity index (χ2v) is 3.90. The van der Waals surface area contributed by atoms with Crippen LogP contribution in [-0.2, 0) is 0 Å². The second kappa shape index (κ2) is 2.82. The van der Waals surface area contributed by atoms with Gasteiger partial charge in [0.05, 0.1) is 23.3 Å². The highest BCUT2D eigenvalue weighted by molar-refractivity contribution is 5.93. The van der Waals surface area contributed by atoms with Gasteiger partial charge in [-0.05, 0) is 31.0 Å². The van der Waals surface area contributed by atoms with E-state index in [0.717, 1.165) is 10.9 Å². The number of hydrogen-bond acceptors (Lipinski definition) is 2. The minimum Gasteiger partial charge on any atom is -0.478 e. The normalized spacial score (nSPS) is 15.7. The predicted molar refractivity (Wildman–Crippen MR) is 55.0 cm³/mol. The van der Waals surface area contributed by atoms with E-state index in [4.69, 9.17) is 5.11 Å². The molecule has 1 aliphatic carbocycles. The lowest BCUT2D eigenvalue weighted by Crippen LogP contribution is -1.97. The molecule has 76 valence electrons. The number of nitrogens with zero attached hydrogens (tertiary/aromatic N) is 2. The summed E-state index contributed by atoms with van der Waals surface area (Å²) in [6.45, 7) is 0. The lowest BCUT2D eigenvalue weighted by molar-refractivity contribution is 0.0697. The summed E-state index contributed by atoms with van der Waals surface area (Å²) in [5.41, 5.74) is 1.35. The maximum absolute atomic E-state index is 10.8. The smallest absolute Gasteiger partial charge is 0.335 e. The van der Waals surface area contributed by atoms with Crippen LogP contribution in [0.25, 0.3) is 10.9 Å². The summed E-state index contributed by atoms with van der Waals surface area (Å²) in [7, 11) is 0. The first-order valence-corrected chi connectivity index (χ1v) is 4.96. The first kappa shape index (κ1) is 8.47. The summed E-state index contributed by atoms with van der Waals surface area (Å²) in [6, 6.07) is 5.66. The molecule has 1 aromatic heterocycles. The summed E-state index contributed by atoms with van der Waals surface area (Å²) in [5, 5.41) is 14.0. The Bertz CT molecular complexity index is 541. The van der Waals surface area contributed by atoms with Crippen LogP contribution in [0.5, 0.6) is 0 Å². The second-order valence-electron chi connectivity index (χ2n) is 3.90. The molecule has 1 N–H and O–H groups in total. The van der Waals surface area contributed by atoms with Crippen molar-refractivity contribution in [3.8, 4) is 0 Å². The van der Waals surface area contributed by atoms with E-state index in [-0.39, 0.29) is 0 Å². The standard InChI is InChI=1S/C11H10N2O2/c14-11(15)7-1-4-10-8(5-7)6-12-13(10)9-2-3-9/h1,4-6,9H,2-3H2,(H,14,15). The molecule has 4 heteroatoms. The van der Waals surface area contributed by atoms with Gasteiger partial charge in [-0.1, -0.05) is 0 Å². The molecule has 0 atom stereocenters. The topological polar surface area (TPSA) is 55.1 Å². The molecule has 1 aliphatic rings. The summed E-state index contributed by atoms with van der Waals surface area (Å²) < 4.78 is 1.99. The molecule has 1 heterocycles. The maximum atomic E-state index is 10.8. The first-order chi connectivity index (χ1) is 7.25. The molecule has 4 nitrogen and oxygen atoms in total. The fourth-order valence-electron chi connectivity index (χ4n) is 1.80. The van der Waals surface area contributed by atoms with E-state index in [1.54, 1.807) is 18.3 Å². The number of fused-ring (bicyclic) bond motifs is 1. The number of aromatic nitrogens is 2. The molecule has 3 rings (SSSR count). The monoisotopic (exact) mass is 202 g/mol. The van der Waals surface area contributed by atoms with Crippen LogP contribution >= 0.6 is 0 Å². The van der Waals surface area contributed by atoms with Crippen molar-refractivity contribution in [2.24, 2.45) is 0 Å². The lowest BCUT2D eigenvalue weighted by atomic mass is 10.1. The summed E-state index contributed by atoms with van der Waals surface area (Å²) >= 11 is 0. The number of carbonyl (C=O) groups is 1. The molecule has 0 radical (unpaired) electrons. The summed E-state index contributed by atoms with van der Waals surface area (Å²) in [5.74, 6) is -0.893. The van der Waals surface area contributed by atoms with Crippen LogP contribution in [0.2, 0.25) is 0 Å². The molecule has 0 unspecified atom stereocenters. The molecule has 1 aromatic carbocycles. The number of hydrogen-bond donors (Lipinski definition) is 1. The van der Waals surface area contributed by atoms with Crippen molar-refractivity contribution in [3.63, 3.8) is 0 Å². The minimum atomic E-state index is -0.893. The number of rotatable bonds is 2. The van der Waals surface area contributed by atoms with Gasteiger partial charge in [0, 0.05) is 5.39 Å². The van der Waals surface area contributed by atoms with Crippen molar-refractivity contribution in [1.82, 2.24) is 9.78 Å². The van der Waals surface area contributed by atoms with Crippen LogP contribution in [-0.4, -0.2) is 20.9 Å². The SMILES string of the molecule is O=C(O)c1ccc2c(cnn2C2CC2)c1. The highest BCUT2D eigenvalue weighted by Crippen LogP contribution is 2.36. The number of carboxylic acids is 1. The Labute approximate surface area is 86.1 Å². The van der Waals surface area contributed by atoms with Crippen LogP contribution < -0.4 is 0 Å². The number of benzene rings is 1. The third kappa shape index (κ3) is 1.29. The maximum Gasteiger partial charge on any atom is 0.335 e. The van der Waals surface area contributed by atoms with Crippen LogP contribution in [0.1, 0.15) is 29.2 Å². The van der Waals surface area contributed by atoms with Gasteiger partial charge in [0.2, 0.25) is 0 Å². The molecule has 1 fully saturated rings. The minimum absolute atomic E-state index is 0.317. The average molecular weight is 202 g/mol. The Morgan fingerprint density at radius 3 is 2.93 bits per heavy atom. The van der Waals surface area contributed by atoms with Gasteiger partial charge in [-0.2, -0.15) is 5.10 Å². The van der Waals surface area contributed by atoms with Crippen LogP contribution in [0.3, 0.4) is 0 Å². The van der Waals surface area contributed by atoms with Crippen LogP contribution in [0.4, 0.5) is 0 Å². The van der Waals surface area contributed by atoms with Crippen molar-refractivity contribution in [2.45, 2.75) is 18.9 Å². The molecule has 0 aliphatic heterocycles. The molecule has 0 spiro atoms. The van der Waals surface area contributed by atoms with Gasteiger partial charge in [0.1, 0.15) is 0 Å². The lowest BCUT2D eigenvalue weighted by Gasteiger charge is -2.00. The van der Waals surface area contributed by atoms with Gasteiger partial charge >= 0.3 is 5.97 Å². The van der Waals surface area contributed by atoms with Gasteiger partial charge < -0.3 is 5.11 Å². The Hall–Kier alpha value is -1.84. The predicted octanol–water partition coefficient (Wildman–Crippen LogP) is 2.07. The fraction of sp³-hybridized carbons (Fsp3) is 0.273. The zero-order chi connectivity index (χ0) is 10.4. The van der Waals surface area contributed by atoms with Crippen molar-refractivity contribution >= 4 is 16.9 Å². The summed E-state index contributed by atoms with van der Waals surface area (Å²) in [6.07, 6.45) is 4.09. The van der Waals surface area contributed by atoms with E-state index >= 15 is 0 Å². The van der Waals surface area contributed by atoms with Crippen molar-refractivity contribution in [1.29, 1.82) is 0 Å². The molecule has 2 aromatic rings. The van der Waals surface area contributed by atoms with E-state index in [1.165, 1.54) is 12.8 Å².